The Morgan fingerprint density at radius 1 is 1.10 bits per heavy atom. The second-order valence-corrected chi connectivity index (χ2v) is 4.51. The first-order chi connectivity index (χ1) is 9.33. The van der Waals surface area contributed by atoms with Crippen LogP contribution in [0.3, 0.4) is 0 Å². The van der Waals surface area contributed by atoms with Crippen molar-refractivity contribution in [2.75, 3.05) is 0 Å². The molecule has 20 heavy (non-hydrogen) atoms. The van der Waals surface area contributed by atoms with Gasteiger partial charge >= 0.3 is 6.18 Å². The van der Waals surface area contributed by atoms with Crippen molar-refractivity contribution < 1.29 is 23.0 Å². The van der Waals surface area contributed by atoms with E-state index in [0.717, 1.165) is 5.56 Å². The molecule has 0 amide bonds. The number of ether oxygens (including phenoxy) is 1. The molecule has 0 saturated carbocycles. The third-order valence-electron chi connectivity index (χ3n) is 2.63. The van der Waals surface area contributed by atoms with E-state index in [0.29, 0.717) is 5.75 Å². The molecule has 2 aromatic carbocycles. The van der Waals surface area contributed by atoms with Crippen molar-refractivity contribution >= 4 is 0 Å². The Bertz CT molecular complexity index is 586. The number of benzene rings is 2. The van der Waals surface area contributed by atoms with Gasteiger partial charge in [0, 0.05) is 11.6 Å². The zero-order valence-electron chi connectivity index (χ0n) is 10.7. The Balaban J connectivity index is 2.29. The van der Waals surface area contributed by atoms with Crippen LogP contribution in [0.4, 0.5) is 13.2 Å². The van der Waals surface area contributed by atoms with Gasteiger partial charge < -0.3 is 9.84 Å². The number of aromatic hydroxyl groups is 1. The molecule has 106 valence electrons. The van der Waals surface area contributed by atoms with Gasteiger partial charge in [0.05, 0.1) is 6.42 Å². The summed E-state index contributed by atoms with van der Waals surface area (Å²) in [6.45, 7) is 1.76. The molecule has 0 bridgehead atoms. The van der Waals surface area contributed by atoms with E-state index in [1.807, 2.05) is 0 Å². The topological polar surface area (TPSA) is 29.5 Å². The van der Waals surface area contributed by atoms with Gasteiger partial charge in [0.15, 0.2) is 0 Å². The molecule has 1 N–H and O–H groups in total. The van der Waals surface area contributed by atoms with E-state index in [-0.39, 0.29) is 17.1 Å². The van der Waals surface area contributed by atoms with Crippen LogP contribution in [0.5, 0.6) is 17.2 Å². The maximum atomic E-state index is 12.5. The summed E-state index contributed by atoms with van der Waals surface area (Å²) in [5.74, 6) is 0.445. The van der Waals surface area contributed by atoms with Crippen molar-refractivity contribution in [3.8, 4) is 17.2 Å². The lowest BCUT2D eigenvalue weighted by Crippen LogP contribution is -2.12. The fourth-order valence-corrected chi connectivity index (χ4v) is 1.88. The Labute approximate surface area is 114 Å². The van der Waals surface area contributed by atoms with Gasteiger partial charge in [-0.05, 0) is 30.7 Å². The average molecular weight is 282 g/mol. The largest absolute Gasteiger partial charge is 0.508 e. The van der Waals surface area contributed by atoms with Crippen LogP contribution in [0.1, 0.15) is 11.1 Å². The molecule has 0 unspecified atom stereocenters. The number of hydrogen-bond acceptors (Lipinski definition) is 2. The van der Waals surface area contributed by atoms with Gasteiger partial charge in [0.25, 0.3) is 0 Å². The fraction of sp³-hybridized carbons (Fsp3) is 0.200. The number of hydrogen-bond donors (Lipinski definition) is 1. The molecule has 0 aliphatic carbocycles. The maximum absolute atomic E-state index is 12.5. The van der Waals surface area contributed by atoms with Crippen LogP contribution in [-0.4, -0.2) is 11.3 Å². The third kappa shape index (κ3) is 3.91. The predicted octanol–water partition coefficient (Wildman–Crippen LogP) is 4.60. The molecular weight excluding hydrogens is 269 g/mol. The molecule has 0 aliphatic heterocycles. The van der Waals surface area contributed by atoms with Gasteiger partial charge in [-0.2, -0.15) is 13.2 Å². The smallest absolute Gasteiger partial charge is 0.393 e. The van der Waals surface area contributed by atoms with Crippen molar-refractivity contribution in [2.24, 2.45) is 0 Å². The summed E-state index contributed by atoms with van der Waals surface area (Å²) >= 11 is 0. The monoisotopic (exact) mass is 282 g/mol. The van der Waals surface area contributed by atoms with E-state index >= 15 is 0 Å². The van der Waals surface area contributed by atoms with Gasteiger partial charge in [-0.25, -0.2) is 0 Å². The summed E-state index contributed by atoms with van der Waals surface area (Å²) < 4.78 is 42.9. The summed E-state index contributed by atoms with van der Waals surface area (Å²) in [4.78, 5) is 0. The maximum Gasteiger partial charge on any atom is 0.393 e. The number of aryl methyl sites for hydroxylation is 1. The van der Waals surface area contributed by atoms with Gasteiger partial charge in [-0.3, -0.25) is 0 Å². The fourth-order valence-electron chi connectivity index (χ4n) is 1.88. The van der Waals surface area contributed by atoms with E-state index < -0.39 is 12.6 Å². The molecule has 2 rings (SSSR count). The Morgan fingerprint density at radius 3 is 2.45 bits per heavy atom. The highest BCUT2D eigenvalue weighted by Gasteiger charge is 2.29. The SMILES string of the molecule is Cc1cc(O)cc(Oc2ccccc2CC(F)(F)F)c1. The normalized spacial score (nSPS) is 11.4. The molecule has 2 aromatic rings. The molecule has 0 heterocycles. The molecule has 0 aromatic heterocycles. The lowest BCUT2D eigenvalue weighted by atomic mass is 10.1. The second-order valence-electron chi connectivity index (χ2n) is 4.51. The number of para-hydroxylation sites is 1. The number of phenolic OH excluding ortho intramolecular Hbond substituents is 1. The summed E-state index contributed by atoms with van der Waals surface area (Å²) in [5.41, 5.74) is 0.814. The van der Waals surface area contributed by atoms with E-state index in [4.69, 9.17) is 4.74 Å². The summed E-state index contributed by atoms with van der Waals surface area (Å²) in [6.07, 6.45) is -5.35. The lowest BCUT2D eigenvalue weighted by Gasteiger charge is -2.13. The van der Waals surface area contributed by atoms with E-state index in [1.54, 1.807) is 19.1 Å². The minimum atomic E-state index is -4.30. The number of phenols is 1. The van der Waals surface area contributed by atoms with Crippen LogP contribution in [0, 0.1) is 6.92 Å². The molecular formula is C15H13F3O2. The molecule has 0 radical (unpaired) electrons. The minimum absolute atomic E-state index is 0.00769. The highest BCUT2D eigenvalue weighted by Crippen LogP contribution is 2.32. The van der Waals surface area contributed by atoms with Crippen LogP contribution in [0.2, 0.25) is 0 Å². The highest BCUT2D eigenvalue weighted by molar-refractivity contribution is 5.42. The van der Waals surface area contributed by atoms with Crippen LogP contribution in [-0.2, 0) is 6.42 Å². The van der Waals surface area contributed by atoms with E-state index in [1.165, 1.54) is 30.3 Å². The van der Waals surface area contributed by atoms with Crippen LogP contribution in [0.15, 0.2) is 42.5 Å². The first-order valence-corrected chi connectivity index (χ1v) is 5.97. The lowest BCUT2D eigenvalue weighted by molar-refractivity contribution is -0.127. The Morgan fingerprint density at radius 2 is 1.80 bits per heavy atom. The highest BCUT2D eigenvalue weighted by atomic mass is 19.4. The van der Waals surface area contributed by atoms with E-state index in [2.05, 4.69) is 0 Å². The van der Waals surface area contributed by atoms with Gasteiger partial charge in [0.1, 0.15) is 17.2 Å². The van der Waals surface area contributed by atoms with Crippen molar-refractivity contribution in [1.82, 2.24) is 0 Å². The zero-order valence-corrected chi connectivity index (χ0v) is 10.7. The first kappa shape index (κ1) is 14.2. The quantitative estimate of drug-likeness (QED) is 0.891. The van der Waals surface area contributed by atoms with Crippen LogP contribution < -0.4 is 4.74 Å². The van der Waals surface area contributed by atoms with E-state index in [9.17, 15) is 18.3 Å². The molecule has 0 atom stereocenters. The van der Waals surface area contributed by atoms with Gasteiger partial charge in [-0.1, -0.05) is 18.2 Å². The standard InChI is InChI=1S/C15H13F3O2/c1-10-6-12(19)8-13(7-10)20-14-5-3-2-4-11(14)9-15(16,17)18/h2-8,19H,9H2,1H3. The van der Waals surface area contributed by atoms with Gasteiger partial charge in [-0.15, -0.1) is 0 Å². The molecule has 0 aliphatic rings. The predicted molar refractivity (Wildman–Crippen MR) is 69.1 cm³/mol. The minimum Gasteiger partial charge on any atom is -0.508 e. The molecule has 5 heteroatoms. The summed E-state index contributed by atoms with van der Waals surface area (Å²) in [5, 5.41) is 9.47. The first-order valence-electron chi connectivity index (χ1n) is 5.97. The van der Waals surface area contributed by atoms with Crippen molar-refractivity contribution in [2.45, 2.75) is 19.5 Å². The van der Waals surface area contributed by atoms with Crippen molar-refractivity contribution in [3.63, 3.8) is 0 Å². The summed E-state index contributed by atoms with van der Waals surface area (Å²) in [6, 6.07) is 10.5. The second kappa shape index (κ2) is 5.45. The molecule has 0 fully saturated rings. The van der Waals surface area contributed by atoms with Crippen LogP contribution >= 0.6 is 0 Å². The van der Waals surface area contributed by atoms with Crippen molar-refractivity contribution in [3.05, 3.63) is 53.6 Å². The van der Waals surface area contributed by atoms with Crippen molar-refractivity contribution in [1.29, 1.82) is 0 Å². The van der Waals surface area contributed by atoms with Crippen LogP contribution in [0.25, 0.3) is 0 Å². The number of alkyl halides is 3. The summed E-state index contributed by atoms with van der Waals surface area (Å²) in [7, 11) is 0. The zero-order chi connectivity index (χ0) is 14.8. The Hall–Kier alpha value is -2.17. The number of halogens is 3. The molecule has 0 saturated heterocycles. The number of rotatable bonds is 3. The molecule has 0 spiro atoms. The van der Waals surface area contributed by atoms with Gasteiger partial charge in [0.2, 0.25) is 0 Å². The molecule has 2 nitrogen and oxygen atoms in total. The Kier molecular flexibility index (Phi) is 3.88. The average Bonchev–Trinajstić information content (AvgIpc) is 2.28. The third-order valence-corrected chi connectivity index (χ3v) is 2.63.